The van der Waals surface area contributed by atoms with Crippen molar-refractivity contribution in [2.75, 3.05) is 0 Å². The second kappa shape index (κ2) is 9.78. The molecule has 0 saturated heterocycles. The number of allylic oxidation sites excluding steroid dienone is 9. The van der Waals surface area contributed by atoms with Gasteiger partial charge in [-0.15, -0.1) is 0 Å². The highest BCUT2D eigenvalue weighted by molar-refractivity contribution is 5.33. The third-order valence-electron chi connectivity index (χ3n) is 2.85. The smallest absolute Gasteiger partial charge is 0.247 e. The zero-order chi connectivity index (χ0) is 17.9. The lowest BCUT2D eigenvalue weighted by atomic mass is 10.5. The van der Waals surface area contributed by atoms with Crippen LogP contribution in [0.5, 0.6) is 0 Å². The van der Waals surface area contributed by atoms with Crippen molar-refractivity contribution in [1.82, 2.24) is 13.7 Å². The first-order valence-electron chi connectivity index (χ1n) is 7.46. The van der Waals surface area contributed by atoms with E-state index in [0.717, 1.165) is 13.7 Å². The molecule has 0 aliphatic heterocycles. The lowest BCUT2D eigenvalue weighted by Gasteiger charge is -2.05. The Kier molecular flexibility index (Phi) is 7.70. The highest BCUT2D eigenvalue weighted by Crippen LogP contribution is 1.85. The maximum atomic E-state index is 12.4. The zero-order valence-electron chi connectivity index (χ0n) is 14.0. The quantitative estimate of drug-likeness (QED) is 0.753. The average molecular weight is 327 g/mol. The van der Waals surface area contributed by atoms with Gasteiger partial charge >= 0.3 is 17.1 Å². The van der Waals surface area contributed by atoms with E-state index in [0.29, 0.717) is 0 Å². The molecule has 24 heavy (non-hydrogen) atoms. The number of hydrogen-bond donors (Lipinski definition) is 0. The van der Waals surface area contributed by atoms with Gasteiger partial charge in [0.1, 0.15) is 0 Å². The molecule has 0 N–H and O–H groups in total. The van der Waals surface area contributed by atoms with Gasteiger partial charge in [0.2, 0.25) is 0 Å². The Bertz CT molecular complexity index is 752. The summed E-state index contributed by atoms with van der Waals surface area (Å²) >= 11 is 0. The summed E-state index contributed by atoms with van der Waals surface area (Å²) < 4.78 is 2.63. The Morgan fingerprint density at radius 1 is 0.500 bits per heavy atom. The predicted molar refractivity (Wildman–Crippen MR) is 99.7 cm³/mol. The zero-order valence-corrected chi connectivity index (χ0v) is 14.0. The van der Waals surface area contributed by atoms with Crippen LogP contribution in [-0.4, -0.2) is 13.7 Å². The van der Waals surface area contributed by atoms with Crippen LogP contribution in [0.3, 0.4) is 0 Å². The summed E-state index contributed by atoms with van der Waals surface area (Å²) in [6.07, 6.45) is 18.9. The molecular weight excluding hydrogens is 306 g/mol. The van der Waals surface area contributed by atoms with E-state index in [2.05, 4.69) is 0 Å². The molecule has 0 bridgehead atoms. The molecular formula is C18H21N3O3. The van der Waals surface area contributed by atoms with Crippen LogP contribution in [0.2, 0.25) is 0 Å². The fourth-order valence-electron chi connectivity index (χ4n) is 1.72. The third kappa shape index (κ3) is 4.67. The lowest BCUT2D eigenvalue weighted by Crippen LogP contribution is -2.50. The van der Waals surface area contributed by atoms with Crippen molar-refractivity contribution in [3.8, 4) is 0 Å². The first-order valence-corrected chi connectivity index (χ1v) is 7.46. The molecule has 0 saturated carbocycles. The molecule has 1 heterocycles. The van der Waals surface area contributed by atoms with Crippen molar-refractivity contribution in [2.24, 2.45) is 0 Å². The van der Waals surface area contributed by atoms with E-state index < -0.39 is 17.1 Å². The number of rotatable bonds is 6. The highest BCUT2D eigenvalue weighted by atomic mass is 16.2. The summed E-state index contributed by atoms with van der Waals surface area (Å²) in [6.45, 7) is 5.43. The topological polar surface area (TPSA) is 66.0 Å². The van der Waals surface area contributed by atoms with E-state index in [1.807, 2.05) is 20.8 Å². The molecule has 0 aliphatic carbocycles. The van der Waals surface area contributed by atoms with Crippen molar-refractivity contribution >= 4 is 18.6 Å². The first-order chi connectivity index (χ1) is 11.6. The lowest BCUT2D eigenvalue weighted by molar-refractivity contribution is 0.708. The fourth-order valence-corrected chi connectivity index (χ4v) is 1.72. The Morgan fingerprint density at radius 3 is 0.958 bits per heavy atom. The molecule has 0 atom stereocenters. The Hall–Kier alpha value is -3.15. The van der Waals surface area contributed by atoms with E-state index in [1.165, 1.54) is 18.6 Å². The van der Waals surface area contributed by atoms with Gasteiger partial charge in [0, 0.05) is 18.6 Å². The van der Waals surface area contributed by atoms with Crippen LogP contribution >= 0.6 is 0 Å². The number of aromatic nitrogens is 3. The molecule has 0 amide bonds. The Labute approximate surface area is 140 Å². The van der Waals surface area contributed by atoms with Gasteiger partial charge in [-0.25, -0.2) is 28.1 Å². The fraction of sp³-hybridized carbons (Fsp3) is 0.167. The van der Waals surface area contributed by atoms with Gasteiger partial charge in [-0.1, -0.05) is 36.5 Å². The van der Waals surface area contributed by atoms with Crippen LogP contribution in [0.15, 0.2) is 69.1 Å². The van der Waals surface area contributed by atoms with E-state index in [-0.39, 0.29) is 0 Å². The van der Waals surface area contributed by atoms with Crippen molar-refractivity contribution in [3.05, 3.63) is 86.1 Å². The van der Waals surface area contributed by atoms with E-state index in [4.69, 9.17) is 0 Å². The molecule has 126 valence electrons. The van der Waals surface area contributed by atoms with Gasteiger partial charge < -0.3 is 0 Å². The van der Waals surface area contributed by atoms with Crippen LogP contribution < -0.4 is 17.1 Å². The molecule has 0 unspecified atom stereocenters. The molecule has 0 spiro atoms. The van der Waals surface area contributed by atoms with Crippen molar-refractivity contribution in [1.29, 1.82) is 0 Å². The monoisotopic (exact) mass is 327 g/mol. The van der Waals surface area contributed by atoms with Gasteiger partial charge in [0.25, 0.3) is 0 Å². The van der Waals surface area contributed by atoms with Crippen LogP contribution in [-0.2, 0) is 0 Å². The maximum absolute atomic E-state index is 12.4. The van der Waals surface area contributed by atoms with Crippen molar-refractivity contribution in [3.63, 3.8) is 0 Å². The summed E-state index contributed by atoms with van der Waals surface area (Å²) in [7, 11) is 0. The van der Waals surface area contributed by atoms with Gasteiger partial charge in [0.15, 0.2) is 0 Å². The molecule has 0 aliphatic rings. The summed E-state index contributed by atoms with van der Waals surface area (Å²) in [5.41, 5.74) is -2.20. The van der Waals surface area contributed by atoms with Gasteiger partial charge in [-0.3, -0.25) is 0 Å². The van der Waals surface area contributed by atoms with E-state index >= 15 is 0 Å². The Balaban J connectivity index is 3.74. The van der Waals surface area contributed by atoms with E-state index in [1.54, 1.807) is 54.7 Å². The average Bonchev–Trinajstić information content (AvgIpc) is 2.57. The normalized spacial score (nSPS) is 13.1. The third-order valence-corrected chi connectivity index (χ3v) is 2.85. The van der Waals surface area contributed by atoms with Crippen molar-refractivity contribution < 1.29 is 0 Å². The molecule has 6 nitrogen and oxygen atoms in total. The minimum absolute atomic E-state index is 0.734. The molecule has 1 rings (SSSR count). The molecule has 1 aromatic heterocycles. The SMILES string of the molecule is C/C=C/C=C/n1c(=O)n(/C=C/C=C/C)c(=O)n(/C=C/C=C/C)c1=O. The summed E-state index contributed by atoms with van der Waals surface area (Å²) in [5.74, 6) is 0. The van der Waals surface area contributed by atoms with Gasteiger partial charge in [-0.05, 0) is 39.0 Å². The second-order valence-electron chi connectivity index (χ2n) is 4.56. The molecule has 6 heteroatoms. The number of nitrogens with zero attached hydrogens (tertiary/aromatic N) is 3. The minimum atomic E-state index is -0.734. The first kappa shape index (κ1) is 18.9. The highest BCUT2D eigenvalue weighted by Gasteiger charge is 2.10. The number of hydrogen-bond acceptors (Lipinski definition) is 3. The van der Waals surface area contributed by atoms with Crippen LogP contribution in [0.1, 0.15) is 20.8 Å². The molecule has 0 radical (unpaired) electrons. The maximum Gasteiger partial charge on any atom is 0.344 e. The molecule has 0 aromatic carbocycles. The minimum Gasteiger partial charge on any atom is -0.247 e. The molecule has 0 fully saturated rings. The van der Waals surface area contributed by atoms with Crippen molar-refractivity contribution in [2.45, 2.75) is 20.8 Å². The summed E-state index contributed by atoms with van der Waals surface area (Å²) in [6, 6.07) is 0. The molecule has 1 aromatic rings. The van der Waals surface area contributed by atoms with Gasteiger partial charge in [-0.2, -0.15) is 0 Å². The van der Waals surface area contributed by atoms with Crippen LogP contribution in [0.25, 0.3) is 18.6 Å². The standard InChI is InChI=1S/C18H21N3O3/c1-4-7-10-13-19-16(22)20(14-11-8-5-2)18(24)21(17(19)23)15-12-9-6-3/h4-15H,1-3H3/b7-4+,8-5+,9-6+,13-10+,14-11+,15-12+. The Morgan fingerprint density at radius 2 is 0.750 bits per heavy atom. The second-order valence-corrected chi connectivity index (χ2v) is 4.56. The summed E-state index contributed by atoms with van der Waals surface area (Å²) in [4.78, 5) is 37.2. The van der Waals surface area contributed by atoms with E-state index in [9.17, 15) is 14.4 Å². The summed E-state index contributed by atoms with van der Waals surface area (Å²) in [5, 5.41) is 0. The predicted octanol–water partition coefficient (Wildman–Crippen LogP) is 2.31. The largest absolute Gasteiger partial charge is 0.344 e. The van der Waals surface area contributed by atoms with Gasteiger partial charge in [0.05, 0.1) is 0 Å². The van der Waals surface area contributed by atoms with Crippen LogP contribution in [0, 0.1) is 0 Å². The van der Waals surface area contributed by atoms with Crippen LogP contribution in [0.4, 0.5) is 0 Å².